The second kappa shape index (κ2) is 20.5. The van der Waals surface area contributed by atoms with Crippen molar-refractivity contribution < 1.29 is 33.4 Å². The lowest BCUT2D eigenvalue weighted by Gasteiger charge is -2.30. The fraction of sp³-hybridized carbons (Fsp3) is 0.268. The minimum atomic E-state index is -1.23. The maximum absolute atomic E-state index is 14.0. The number of anilines is 1. The molecule has 0 radical (unpaired) electrons. The molecule has 358 valence electrons. The van der Waals surface area contributed by atoms with Crippen LogP contribution in [0.1, 0.15) is 84.5 Å². The molecule has 2 aliphatic heterocycles. The van der Waals surface area contributed by atoms with Crippen LogP contribution in [0.5, 0.6) is 5.75 Å². The van der Waals surface area contributed by atoms with Gasteiger partial charge < -0.3 is 34.6 Å². The molecular weight excluding hydrogens is 921 g/mol. The summed E-state index contributed by atoms with van der Waals surface area (Å²) in [5, 5.41) is 29.6. The topological polar surface area (TPSA) is 165 Å². The summed E-state index contributed by atoms with van der Waals surface area (Å²) >= 11 is 0. The van der Waals surface area contributed by atoms with Crippen LogP contribution in [0, 0.1) is 0 Å². The molecule has 4 aromatic rings. The van der Waals surface area contributed by atoms with E-state index in [1.807, 2.05) is 18.4 Å². The lowest BCUT2D eigenvalue weighted by Crippen LogP contribution is -2.43. The van der Waals surface area contributed by atoms with E-state index < -0.39 is 11.9 Å². The number of aromatic hydroxyl groups is 1. The van der Waals surface area contributed by atoms with Crippen LogP contribution in [-0.4, -0.2) is 72.5 Å². The second-order valence-corrected chi connectivity index (χ2v) is 20.0. The lowest BCUT2D eigenvalue weighted by molar-refractivity contribution is 0.0697. The molecule has 4 aromatic carbocycles. The first kappa shape index (κ1) is 48.0. The molecule has 3 aliphatic carbocycles. The quantitative estimate of drug-likeness (QED) is 0.0465. The third kappa shape index (κ3) is 9.49. The van der Waals surface area contributed by atoms with Crippen molar-refractivity contribution in [1.82, 2.24) is 15.2 Å². The number of rotatable bonds is 14. The molecule has 1 fully saturated rings. The number of carboxylic acid groups (broad SMARTS) is 1. The highest BCUT2D eigenvalue weighted by molar-refractivity contribution is 8.76. The number of aromatic carboxylic acids is 1. The summed E-state index contributed by atoms with van der Waals surface area (Å²) in [4.78, 5) is 56.0. The molecule has 0 bridgehead atoms. The normalized spacial score (nSPS) is 14.8. The third-order valence-electron chi connectivity index (χ3n) is 13.5. The van der Waals surface area contributed by atoms with E-state index in [4.69, 9.17) is 8.83 Å². The van der Waals surface area contributed by atoms with Crippen molar-refractivity contribution in [3.8, 4) is 50.7 Å². The van der Waals surface area contributed by atoms with E-state index in [0.29, 0.717) is 53.3 Å². The Kier molecular flexibility index (Phi) is 14.1. The predicted octanol–water partition coefficient (Wildman–Crippen LogP) is 11.0. The number of hydrogen-bond acceptors (Lipinski definition) is 10. The van der Waals surface area contributed by atoms with Crippen LogP contribution in [0.2, 0.25) is 0 Å². The average Bonchev–Trinajstić information content (AvgIpc) is 3.36. The van der Waals surface area contributed by atoms with Crippen LogP contribution in [0.15, 0.2) is 128 Å². The van der Waals surface area contributed by atoms with Gasteiger partial charge in [-0.1, -0.05) is 33.7 Å². The largest absolute Gasteiger partial charge is 0.508 e. The van der Waals surface area contributed by atoms with Gasteiger partial charge in [-0.25, -0.2) is 9.37 Å². The zero-order valence-electron chi connectivity index (χ0n) is 39.8. The molecule has 1 saturated carbocycles. The van der Waals surface area contributed by atoms with Crippen molar-refractivity contribution in [2.24, 2.45) is 0 Å². The van der Waals surface area contributed by atoms with E-state index in [0.717, 1.165) is 75.5 Å². The maximum Gasteiger partial charge on any atom is 0.336 e. The van der Waals surface area contributed by atoms with Gasteiger partial charge in [0.15, 0.2) is 5.43 Å². The number of nitrogens with one attached hydrogen (secondary N) is 2. The number of nitrogens with zero attached hydrogens (tertiary/aromatic N) is 2. The number of fused-ring (bicyclic) bond motifs is 4. The summed E-state index contributed by atoms with van der Waals surface area (Å²) in [5.74, 6) is -0.813. The first-order chi connectivity index (χ1) is 33.9. The highest BCUT2D eigenvalue weighted by Gasteiger charge is 2.28. The van der Waals surface area contributed by atoms with Crippen LogP contribution < -0.4 is 30.9 Å². The molecule has 0 saturated heterocycles. The fourth-order valence-electron chi connectivity index (χ4n) is 9.91. The van der Waals surface area contributed by atoms with Gasteiger partial charge >= 0.3 is 5.97 Å². The van der Waals surface area contributed by atoms with Crippen molar-refractivity contribution in [2.75, 3.05) is 37.3 Å². The highest BCUT2D eigenvalue weighted by Crippen LogP contribution is 2.47. The molecule has 0 aromatic heterocycles. The smallest absolute Gasteiger partial charge is 0.336 e. The number of amides is 2. The molecule has 14 heteroatoms. The van der Waals surface area contributed by atoms with Gasteiger partial charge in [-0.05, 0) is 137 Å². The Morgan fingerprint density at radius 1 is 0.657 bits per heavy atom. The number of hydrogen-bond donors (Lipinski definition) is 4. The SMILES string of the molecule is CCN(CC)c1ccc2c(-c3ccc(C(=O)N[C@H]4CC[C@H](NC(=O)c5ccc(-c6c7ccc(=O)cc-7oc7cc(O)ccc67)c(C(=O)O)c5)CC4)cc3SSC)c3ccc(=[N+](CC)CC)cc-3oc2c1. The Morgan fingerprint density at radius 2 is 1.21 bits per heavy atom. The monoisotopic (exact) mass is 975 g/mol. The minimum absolute atomic E-state index is 0.0512. The molecule has 2 amide bonds. The van der Waals surface area contributed by atoms with E-state index >= 15 is 0 Å². The van der Waals surface area contributed by atoms with Gasteiger partial charge in [-0.2, -0.15) is 0 Å². The zero-order chi connectivity index (χ0) is 49.2. The minimum Gasteiger partial charge on any atom is -0.508 e. The summed E-state index contributed by atoms with van der Waals surface area (Å²) in [7, 11) is 3.25. The van der Waals surface area contributed by atoms with Crippen LogP contribution in [0.4, 0.5) is 5.69 Å². The number of phenolic OH excluding ortho intramolecular Hbond substituents is 1. The van der Waals surface area contributed by atoms with E-state index in [1.54, 1.807) is 45.9 Å². The Labute approximate surface area is 413 Å². The summed E-state index contributed by atoms with van der Waals surface area (Å²) in [6, 6.07) is 31.9. The van der Waals surface area contributed by atoms with E-state index in [1.165, 1.54) is 30.3 Å². The van der Waals surface area contributed by atoms with Crippen LogP contribution >= 0.6 is 21.6 Å². The summed E-state index contributed by atoms with van der Waals surface area (Å²) < 4.78 is 15.0. The number of carbonyl (C=O) groups is 3. The first-order valence-electron chi connectivity index (χ1n) is 23.8. The Morgan fingerprint density at radius 3 is 1.83 bits per heavy atom. The van der Waals surface area contributed by atoms with Gasteiger partial charge in [-0.3, -0.25) is 14.4 Å². The van der Waals surface area contributed by atoms with E-state index in [-0.39, 0.29) is 51.6 Å². The molecular formula is C56H55N4O8S2+. The highest BCUT2D eigenvalue weighted by atomic mass is 33.1. The molecule has 2 heterocycles. The summed E-state index contributed by atoms with van der Waals surface area (Å²) in [6.45, 7) is 12.1. The average molecular weight is 976 g/mol. The second-order valence-electron chi connectivity index (χ2n) is 17.5. The van der Waals surface area contributed by atoms with Gasteiger partial charge in [0.05, 0.1) is 11.6 Å². The molecule has 4 N–H and O–H groups in total. The van der Waals surface area contributed by atoms with Gasteiger partial charge in [-0.15, -0.1) is 0 Å². The van der Waals surface area contributed by atoms with Crippen molar-refractivity contribution in [1.29, 1.82) is 0 Å². The molecule has 70 heavy (non-hydrogen) atoms. The molecule has 0 spiro atoms. The summed E-state index contributed by atoms with van der Waals surface area (Å²) in [5.41, 5.74) is 6.95. The fourth-order valence-corrected chi connectivity index (χ4v) is 11.5. The molecule has 12 nitrogen and oxygen atoms in total. The molecule has 0 unspecified atom stereocenters. The standard InChI is InChI=1S/C56H54N4O8S2/c1-6-59(7-2)36-16-22-41-47(28-36)67-48-29-37(60(8-3)9-4)17-23-42(48)53(41)45-21-11-33(27-51(45)70-69-5)55(64)58-35-14-12-34(13-15-35)57-54(63)32-10-20-40(46(26-32)56(65)66)52-43-24-18-38(61)30-49(43)68-50-31-39(62)19-25-44(50)52/h10-11,16-31,34-35H,6-9,12-15H2,1-5H3,(H3-,57,58,61,62,63,64,65,66)/p+1/t34-,35-. The Hall–Kier alpha value is -7.03. The van der Waals surface area contributed by atoms with Gasteiger partial charge in [0.25, 0.3) is 11.8 Å². The van der Waals surface area contributed by atoms with Crippen molar-refractivity contribution >= 4 is 67.0 Å². The predicted molar refractivity (Wildman–Crippen MR) is 282 cm³/mol. The van der Waals surface area contributed by atoms with Crippen molar-refractivity contribution in [3.05, 3.63) is 141 Å². The number of benzene rings is 6. The van der Waals surface area contributed by atoms with Gasteiger partial charge in [0.1, 0.15) is 41.5 Å². The third-order valence-corrected chi connectivity index (χ3v) is 15.2. The molecule has 5 aliphatic rings. The number of phenols is 1. The first-order valence-corrected chi connectivity index (χ1v) is 26.3. The molecule has 0 atom stereocenters. The van der Waals surface area contributed by atoms with E-state index in [9.17, 15) is 29.4 Å². The van der Waals surface area contributed by atoms with Crippen LogP contribution in [-0.2, 0) is 0 Å². The number of carboxylic acids is 1. The van der Waals surface area contributed by atoms with Crippen molar-refractivity contribution in [3.63, 3.8) is 0 Å². The van der Waals surface area contributed by atoms with Crippen molar-refractivity contribution in [2.45, 2.75) is 70.4 Å². The lowest BCUT2D eigenvalue weighted by atomic mass is 9.89. The summed E-state index contributed by atoms with van der Waals surface area (Å²) in [6.07, 6.45) is 4.58. The van der Waals surface area contributed by atoms with Crippen LogP contribution in [0.25, 0.3) is 66.8 Å². The van der Waals surface area contributed by atoms with E-state index in [2.05, 4.69) is 90.3 Å². The number of carbonyl (C=O) groups excluding carboxylic acids is 2. The van der Waals surface area contributed by atoms with Crippen LogP contribution in [0.3, 0.4) is 0 Å². The Balaban J connectivity index is 0.926. The Bertz CT molecular complexity index is 3380. The maximum atomic E-state index is 14.0. The van der Waals surface area contributed by atoms with Gasteiger partial charge in [0, 0.05) is 104 Å². The zero-order valence-corrected chi connectivity index (χ0v) is 41.4. The molecule has 9 rings (SSSR count). The van der Waals surface area contributed by atoms with Gasteiger partial charge in [0.2, 0.25) is 5.36 Å².